The Bertz CT molecular complexity index is 1940. The van der Waals surface area contributed by atoms with Crippen molar-refractivity contribution in [2.45, 2.75) is 19.1 Å². The van der Waals surface area contributed by atoms with E-state index in [-0.39, 0.29) is 33.0 Å². The van der Waals surface area contributed by atoms with Gasteiger partial charge in [-0.1, -0.05) is 53.8 Å². The van der Waals surface area contributed by atoms with Crippen LogP contribution in [-0.4, -0.2) is 48.1 Å². The molecule has 9 nitrogen and oxygen atoms in total. The van der Waals surface area contributed by atoms with Gasteiger partial charge in [-0.25, -0.2) is 14.6 Å². The van der Waals surface area contributed by atoms with E-state index in [2.05, 4.69) is 4.99 Å². The maximum absolute atomic E-state index is 14.5. The second kappa shape index (κ2) is 11.8. The van der Waals surface area contributed by atoms with E-state index in [4.69, 9.17) is 19.3 Å². The molecule has 0 unspecified atom stereocenters. The predicted molar refractivity (Wildman–Crippen MR) is 151 cm³/mol. The molecule has 43 heavy (non-hydrogen) atoms. The van der Waals surface area contributed by atoms with Gasteiger partial charge in [-0.05, 0) is 47.5 Å². The van der Waals surface area contributed by atoms with Gasteiger partial charge in [-0.15, -0.1) is 0 Å². The van der Waals surface area contributed by atoms with Crippen LogP contribution in [0.5, 0.6) is 11.5 Å². The number of rotatable bonds is 8. The van der Waals surface area contributed by atoms with Gasteiger partial charge in [-0.3, -0.25) is 9.36 Å². The molecule has 5 rings (SSSR count). The van der Waals surface area contributed by atoms with Crippen molar-refractivity contribution in [2.75, 3.05) is 20.3 Å². The lowest BCUT2D eigenvalue weighted by Crippen LogP contribution is -2.41. The molecule has 1 N–H and O–H groups in total. The number of carboxylic acids is 1. The average Bonchev–Trinajstić information content (AvgIpc) is 3.29. The number of carbonyl (C=O) groups excluding carboxylic acids is 1. The normalized spacial score (nSPS) is 15.2. The zero-order valence-corrected chi connectivity index (χ0v) is 23.5. The smallest absolute Gasteiger partial charge is 0.434 e. The van der Waals surface area contributed by atoms with Crippen molar-refractivity contribution in [3.63, 3.8) is 0 Å². The summed E-state index contributed by atoms with van der Waals surface area (Å²) >= 11 is 0.732. The zero-order chi connectivity index (χ0) is 30.9. The van der Waals surface area contributed by atoms with Gasteiger partial charge in [-0.2, -0.15) is 13.2 Å². The number of carbonyl (C=O) groups is 2. The Morgan fingerprint density at radius 1 is 1.09 bits per heavy atom. The number of halogens is 3. The Morgan fingerprint density at radius 2 is 1.81 bits per heavy atom. The predicted octanol–water partition coefficient (Wildman–Crippen LogP) is 3.97. The first kappa shape index (κ1) is 29.6. The van der Waals surface area contributed by atoms with Gasteiger partial charge in [0.05, 0.1) is 23.8 Å². The summed E-state index contributed by atoms with van der Waals surface area (Å²) in [7, 11) is 1.35. The quantitative estimate of drug-likeness (QED) is 0.300. The lowest BCUT2D eigenvalue weighted by Gasteiger charge is -2.28. The van der Waals surface area contributed by atoms with Gasteiger partial charge in [0.25, 0.3) is 5.56 Å². The highest BCUT2D eigenvalue weighted by molar-refractivity contribution is 7.07. The Balaban J connectivity index is 1.80. The molecule has 3 aromatic carbocycles. The van der Waals surface area contributed by atoms with Crippen LogP contribution < -0.4 is 24.4 Å². The molecule has 4 aromatic rings. The number of aliphatic carboxylic acids is 1. The summed E-state index contributed by atoms with van der Waals surface area (Å²) in [4.78, 5) is 41.5. The fourth-order valence-corrected chi connectivity index (χ4v) is 5.81. The highest BCUT2D eigenvalue weighted by Gasteiger charge is 2.46. The number of ether oxygens (including phenoxy) is 3. The Morgan fingerprint density at radius 3 is 2.47 bits per heavy atom. The van der Waals surface area contributed by atoms with E-state index in [9.17, 15) is 27.6 Å². The van der Waals surface area contributed by atoms with Crippen LogP contribution >= 0.6 is 11.3 Å². The molecule has 222 valence electrons. The molecule has 0 amide bonds. The summed E-state index contributed by atoms with van der Waals surface area (Å²) in [5, 5.41) is 9.92. The first-order valence-corrected chi connectivity index (χ1v) is 13.7. The number of thiazole rings is 1. The number of hydrogen-bond acceptors (Lipinski definition) is 8. The molecule has 2 heterocycles. The van der Waals surface area contributed by atoms with E-state index in [0.29, 0.717) is 16.3 Å². The third-order valence-corrected chi connectivity index (χ3v) is 7.54. The third kappa shape index (κ3) is 5.75. The van der Waals surface area contributed by atoms with Crippen molar-refractivity contribution in [3.8, 4) is 11.5 Å². The van der Waals surface area contributed by atoms with E-state index in [1.165, 1.54) is 32.2 Å². The monoisotopic (exact) mass is 612 g/mol. The first-order chi connectivity index (χ1) is 20.5. The molecule has 0 radical (unpaired) electrons. The topological polar surface area (TPSA) is 116 Å². The molecule has 0 saturated carbocycles. The van der Waals surface area contributed by atoms with Crippen LogP contribution in [0.4, 0.5) is 13.2 Å². The number of hydrogen-bond donors (Lipinski definition) is 1. The molecule has 0 fully saturated rings. The Kier molecular flexibility index (Phi) is 8.09. The molecular formula is C30H23F3N2O7S. The summed E-state index contributed by atoms with van der Waals surface area (Å²) in [6, 6.07) is 14.7. The molecule has 1 aliphatic rings. The number of alkyl halides is 3. The molecular weight excluding hydrogens is 589 g/mol. The summed E-state index contributed by atoms with van der Waals surface area (Å²) in [5.41, 5.74) is -2.31. The first-order valence-electron chi connectivity index (χ1n) is 12.8. The highest BCUT2D eigenvalue weighted by Crippen LogP contribution is 2.43. The van der Waals surface area contributed by atoms with Crippen LogP contribution in [0.15, 0.2) is 81.7 Å². The molecule has 0 bridgehead atoms. The molecule has 0 spiro atoms. The minimum atomic E-state index is -5.06. The Labute approximate surface area is 245 Å². The zero-order valence-electron chi connectivity index (χ0n) is 22.7. The lowest BCUT2D eigenvalue weighted by molar-refractivity contribution is -0.141. The van der Waals surface area contributed by atoms with Gasteiger partial charge < -0.3 is 19.3 Å². The molecule has 1 atom stereocenters. The number of nitrogens with zero attached hydrogens (tertiary/aromatic N) is 2. The van der Waals surface area contributed by atoms with Crippen molar-refractivity contribution in [3.05, 3.63) is 103 Å². The summed E-state index contributed by atoms with van der Waals surface area (Å²) in [6.07, 6.45) is -3.59. The van der Waals surface area contributed by atoms with Crippen LogP contribution in [0.25, 0.3) is 16.8 Å². The Hall–Kier alpha value is -4.91. The van der Waals surface area contributed by atoms with E-state index in [1.54, 1.807) is 48.5 Å². The average molecular weight is 613 g/mol. The summed E-state index contributed by atoms with van der Waals surface area (Å²) in [6.45, 7) is 0.718. The number of fused-ring (bicyclic) bond motifs is 2. The van der Waals surface area contributed by atoms with Gasteiger partial charge in [0, 0.05) is 5.56 Å². The maximum Gasteiger partial charge on any atom is 0.434 e. The third-order valence-electron chi connectivity index (χ3n) is 6.56. The van der Waals surface area contributed by atoms with Crippen LogP contribution in [-0.2, 0) is 14.3 Å². The summed E-state index contributed by atoms with van der Waals surface area (Å²) < 4.78 is 60.5. The van der Waals surface area contributed by atoms with Gasteiger partial charge in [0.2, 0.25) is 0 Å². The fourth-order valence-electron chi connectivity index (χ4n) is 4.81. The van der Waals surface area contributed by atoms with E-state index in [1.807, 2.05) is 0 Å². The molecule has 1 aromatic heterocycles. The lowest BCUT2D eigenvalue weighted by atomic mass is 9.90. The largest absolute Gasteiger partial charge is 0.496 e. The van der Waals surface area contributed by atoms with E-state index in [0.717, 1.165) is 15.9 Å². The second-order valence-corrected chi connectivity index (χ2v) is 10.2. The van der Waals surface area contributed by atoms with Crippen molar-refractivity contribution in [1.29, 1.82) is 0 Å². The molecule has 0 aliphatic carbocycles. The van der Waals surface area contributed by atoms with Gasteiger partial charge in [0.1, 0.15) is 17.5 Å². The molecule has 13 heteroatoms. The molecule has 0 saturated heterocycles. The van der Waals surface area contributed by atoms with Crippen LogP contribution in [0.3, 0.4) is 0 Å². The fraction of sp³-hybridized carbons (Fsp3) is 0.200. The summed E-state index contributed by atoms with van der Waals surface area (Å²) in [5.74, 6) is -1.97. The van der Waals surface area contributed by atoms with Crippen molar-refractivity contribution in [1.82, 2.24) is 4.57 Å². The molecule has 1 aliphatic heterocycles. The number of esters is 1. The standard InChI is InChI=1S/C30H23F3N2O7S/c1-3-41-28(39)24-25(23-19-7-5-4-6-17(19)10-13-20(23)40-2)35-27(38)21(43-29(35)34-26(24)30(31,32)33)14-16-8-11-18(12-9-16)42-15-22(36)37/h4-14,25H,3,15H2,1-2H3,(H,36,37)/b21-14-/t25-/m0/s1. The van der Waals surface area contributed by atoms with Crippen molar-refractivity contribution < 1.29 is 42.1 Å². The van der Waals surface area contributed by atoms with Crippen molar-refractivity contribution >= 4 is 40.1 Å². The van der Waals surface area contributed by atoms with Crippen molar-refractivity contribution in [2.24, 2.45) is 4.99 Å². The second-order valence-electron chi connectivity index (χ2n) is 9.22. The number of benzene rings is 3. The van der Waals surface area contributed by atoms with Gasteiger partial charge in [0.15, 0.2) is 17.1 Å². The minimum absolute atomic E-state index is 0.0498. The number of aromatic nitrogens is 1. The SMILES string of the molecule is CCOC(=O)C1=C(C(F)(F)F)N=c2s/c(=C\c3ccc(OCC(=O)O)cc3)c(=O)n2[C@H]1c1c(OC)ccc2ccccc12. The van der Waals surface area contributed by atoms with Crippen LogP contribution in [0.2, 0.25) is 0 Å². The van der Waals surface area contributed by atoms with E-state index >= 15 is 0 Å². The minimum Gasteiger partial charge on any atom is -0.496 e. The maximum atomic E-state index is 14.5. The number of methoxy groups -OCH3 is 1. The van der Waals surface area contributed by atoms with Crippen LogP contribution in [0, 0.1) is 0 Å². The van der Waals surface area contributed by atoms with E-state index < -0.39 is 47.6 Å². The number of carboxylic acid groups (broad SMARTS) is 1. The number of allylic oxidation sites excluding steroid dienone is 1. The highest BCUT2D eigenvalue weighted by atomic mass is 32.1. The van der Waals surface area contributed by atoms with Gasteiger partial charge >= 0.3 is 18.1 Å². The van der Waals surface area contributed by atoms with Crippen LogP contribution in [0.1, 0.15) is 24.1 Å².